The van der Waals surface area contributed by atoms with Crippen molar-refractivity contribution in [2.24, 2.45) is 5.92 Å². The van der Waals surface area contributed by atoms with Gasteiger partial charge in [-0.15, -0.1) is 0 Å². The molecule has 3 nitrogen and oxygen atoms in total. The molecule has 0 amide bonds. The molecular formula is C10H14N2O. The number of rotatable bonds is 2. The fraction of sp³-hybridized carbons (Fsp3) is 0.500. The third-order valence-corrected chi connectivity index (χ3v) is 2.40. The van der Waals surface area contributed by atoms with E-state index in [2.05, 4.69) is 16.8 Å². The van der Waals surface area contributed by atoms with Gasteiger partial charge in [-0.2, -0.15) is 0 Å². The monoisotopic (exact) mass is 178 g/mol. The van der Waals surface area contributed by atoms with Crippen molar-refractivity contribution in [2.45, 2.75) is 13.5 Å². The summed E-state index contributed by atoms with van der Waals surface area (Å²) in [6.45, 7) is 4.42. The molecule has 0 saturated carbocycles. The average Bonchev–Trinajstić information content (AvgIpc) is 2.13. The van der Waals surface area contributed by atoms with Crippen LogP contribution >= 0.6 is 0 Å². The van der Waals surface area contributed by atoms with Crippen LogP contribution < -0.4 is 4.90 Å². The fourth-order valence-electron chi connectivity index (χ4n) is 1.71. The van der Waals surface area contributed by atoms with Gasteiger partial charge in [-0.3, -0.25) is 0 Å². The van der Waals surface area contributed by atoms with Gasteiger partial charge in [0.05, 0.1) is 6.61 Å². The molecule has 0 unspecified atom stereocenters. The van der Waals surface area contributed by atoms with Gasteiger partial charge >= 0.3 is 0 Å². The van der Waals surface area contributed by atoms with Crippen LogP contribution in [-0.2, 0) is 6.61 Å². The molecule has 13 heavy (non-hydrogen) atoms. The van der Waals surface area contributed by atoms with Crippen LogP contribution in [0.15, 0.2) is 18.3 Å². The highest BCUT2D eigenvalue weighted by atomic mass is 16.3. The lowest BCUT2D eigenvalue weighted by atomic mass is 10.0. The molecule has 1 fully saturated rings. The van der Waals surface area contributed by atoms with Gasteiger partial charge in [-0.1, -0.05) is 13.0 Å². The number of aromatic nitrogens is 1. The van der Waals surface area contributed by atoms with Gasteiger partial charge in [-0.25, -0.2) is 4.98 Å². The van der Waals surface area contributed by atoms with E-state index in [1.807, 2.05) is 12.1 Å². The van der Waals surface area contributed by atoms with Crippen molar-refractivity contribution in [3.63, 3.8) is 0 Å². The van der Waals surface area contributed by atoms with Gasteiger partial charge < -0.3 is 10.0 Å². The van der Waals surface area contributed by atoms with E-state index >= 15 is 0 Å². The van der Waals surface area contributed by atoms with Crippen molar-refractivity contribution < 1.29 is 5.11 Å². The fourth-order valence-corrected chi connectivity index (χ4v) is 1.71. The predicted molar refractivity (Wildman–Crippen MR) is 51.5 cm³/mol. The molecule has 70 valence electrons. The van der Waals surface area contributed by atoms with Crippen molar-refractivity contribution >= 4 is 5.82 Å². The van der Waals surface area contributed by atoms with Gasteiger partial charge in [0.15, 0.2) is 0 Å². The quantitative estimate of drug-likeness (QED) is 0.734. The second-order valence-corrected chi connectivity index (χ2v) is 3.65. The topological polar surface area (TPSA) is 36.4 Å². The van der Waals surface area contributed by atoms with Crippen LogP contribution in [0.4, 0.5) is 5.82 Å². The Morgan fingerprint density at radius 1 is 1.62 bits per heavy atom. The van der Waals surface area contributed by atoms with Crippen molar-refractivity contribution in [2.75, 3.05) is 18.0 Å². The standard InChI is InChI=1S/C10H14N2O/c1-8-5-12(6-8)10-9(7-13)3-2-4-11-10/h2-4,8,13H,5-7H2,1H3. The molecule has 0 aromatic carbocycles. The molecule has 0 spiro atoms. The zero-order chi connectivity index (χ0) is 9.26. The Bertz CT molecular complexity index is 295. The molecule has 2 rings (SSSR count). The van der Waals surface area contributed by atoms with Crippen LogP contribution in [0.25, 0.3) is 0 Å². The third-order valence-electron chi connectivity index (χ3n) is 2.40. The zero-order valence-electron chi connectivity index (χ0n) is 7.77. The Hall–Kier alpha value is -1.09. The van der Waals surface area contributed by atoms with Gasteiger partial charge in [0.25, 0.3) is 0 Å². The summed E-state index contributed by atoms with van der Waals surface area (Å²) < 4.78 is 0. The Balaban J connectivity index is 2.19. The van der Waals surface area contributed by atoms with Crippen LogP contribution in [-0.4, -0.2) is 23.2 Å². The van der Waals surface area contributed by atoms with E-state index in [9.17, 15) is 0 Å². The molecule has 0 aliphatic carbocycles. The van der Waals surface area contributed by atoms with Crippen LogP contribution in [0.3, 0.4) is 0 Å². The minimum Gasteiger partial charge on any atom is -0.392 e. The molecule has 1 aromatic heterocycles. The number of aliphatic hydroxyl groups is 1. The molecule has 2 heterocycles. The lowest BCUT2D eigenvalue weighted by molar-refractivity contribution is 0.280. The summed E-state index contributed by atoms with van der Waals surface area (Å²) in [6, 6.07) is 3.78. The number of anilines is 1. The summed E-state index contributed by atoms with van der Waals surface area (Å²) in [7, 11) is 0. The molecule has 0 radical (unpaired) electrons. The van der Waals surface area contributed by atoms with Crippen molar-refractivity contribution in [1.29, 1.82) is 0 Å². The zero-order valence-corrected chi connectivity index (χ0v) is 7.77. The first-order valence-corrected chi connectivity index (χ1v) is 4.61. The van der Waals surface area contributed by atoms with Crippen LogP contribution in [0.1, 0.15) is 12.5 Å². The van der Waals surface area contributed by atoms with E-state index < -0.39 is 0 Å². The summed E-state index contributed by atoms with van der Waals surface area (Å²) in [6.07, 6.45) is 1.78. The predicted octanol–water partition coefficient (Wildman–Crippen LogP) is 1.03. The van der Waals surface area contributed by atoms with Crippen LogP contribution in [0, 0.1) is 5.92 Å². The largest absolute Gasteiger partial charge is 0.392 e. The maximum absolute atomic E-state index is 9.09. The van der Waals surface area contributed by atoms with Gasteiger partial charge in [0.2, 0.25) is 0 Å². The molecule has 1 N–H and O–H groups in total. The van der Waals surface area contributed by atoms with Gasteiger partial charge in [0.1, 0.15) is 5.82 Å². The lowest BCUT2D eigenvalue weighted by Crippen LogP contribution is -2.46. The first kappa shape index (κ1) is 8.51. The Labute approximate surface area is 78.0 Å². The number of nitrogens with zero attached hydrogens (tertiary/aromatic N) is 2. The van der Waals surface area contributed by atoms with E-state index in [1.165, 1.54) is 0 Å². The Kier molecular flexibility index (Phi) is 2.19. The van der Waals surface area contributed by atoms with Crippen LogP contribution in [0.5, 0.6) is 0 Å². The number of aliphatic hydroxyl groups excluding tert-OH is 1. The van der Waals surface area contributed by atoms with Crippen LogP contribution in [0.2, 0.25) is 0 Å². The number of hydrogen-bond donors (Lipinski definition) is 1. The minimum atomic E-state index is 0.0774. The first-order chi connectivity index (χ1) is 6.31. The van der Waals surface area contributed by atoms with Gasteiger partial charge in [-0.05, 0) is 12.0 Å². The molecular weight excluding hydrogens is 164 g/mol. The lowest BCUT2D eigenvalue weighted by Gasteiger charge is -2.39. The highest BCUT2D eigenvalue weighted by Gasteiger charge is 2.24. The number of hydrogen-bond acceptors (Lipinski definition) is 3. The molecule has 1 aliphatic heterocycles. The second-order valence-electron chi connectivity index (χ2n) is 3.65. The summed E-state index contributed by atoms with van der Waals surface area (Å²) >= 11 is 0. The summed E-state index contributed by atoms with van der Waals surface area (Å²) in [5, 5.41) is 9.09. The molecule has 1 aromatic rings. The average molecular weight is 178 g/mol. The maximum Gasteiger partial charge on any atom is 0.134 e. The molecule has 1 saturated heterocycles. The van der Waals surface area contributed by atoms with E-state index in [4.69, 9.17) is 5.11 Å². The summed E-state index contributed by atoms with van der Waals surface area (Å²) in [4.78, 5) is 6.48. The molecule has 0 bridgehead atoms. The van der Waals surface area contributed by atoms with E-state index in [0.717, 1.165) is 30.4 Å². The van der Waals surface area contributed by atoms with Crippen molar-refractivity contribution in [3.8, 4) is 0 Å². The SMILES string of the molecule is CC1CN(c2ncccc2CO)C1. The van der Waals surface area contributed by atoms with Crippen molar-refractivity contribution in [1.82, 2.24) is 4.98 Å². The van der Waals surface area contributed by atoms with Crippen molar-refractivity contribution in [3.05, 3.63) is 23.9 Å². The van der Waals surface area contributed by atoms with E-state index in [1.54, 1.807) is 6.20 Å². The second kappa shape index (κ2) is 3.34. The van der Waals surface area contributed by atoms with E-state index in [-0.39, 0.29) is 6.61 Å². The number of pyridine rings is 1. The summed E-state index contributed by atoms with van der Waals surface area (Å²) in [5.41, 5.74) is 0.925. The Morgan fingerprint density at radius 3 is 3.00 bits per heavy atom. The molecule has 3 heteroatoms. The highest BCUT2D eigenvalue weighted by Crippen LogP contribution is 2.25. The summed E-state index contributed by atoms with van der Waals surface area (Å²) in [5.74, 6) is 1.71. The smallest absolute Gasteiger partial charge is 0.134 e. The first-order valence-electron chi connectivity index (χ1n) is 4.61. The highest BCUT2D eigenvalue weighted by molar-refractivity contribution is 5.48. The molecule has 1 aliphatic rings. The third kappa shape index (κ3) is 1.52. The van der Waals surface area contributed by atoms with Gasteiger partial charge in [0, 0.05) is 24.8 Å². The molecule has 0 atom stereocenters. The van der Waals surface area contributed by atoms with E-state index in [0.29, 0.717) is 0 Å². The maximum atomic E-state index is 9.09. The minimum absolute atomic E-state index is 0.0774. The normalized spacial score (nSPS) is 17.2. The Morgan fingerprint density at radius 2 is 2.38 bits per heavy atom.